The molecule has 7 nitrogen and oxygen atoms in total. The Labute approximate surface area is 126 Å². The standard InChI is InChI=1S/C14H26N6O/c1-5-7-15-12-17-13(19-14(18-12)20(3)4)16-11-6-8-21-10(2)9-11/h10-11H,5-9H2,1-4H3,(H2,15,16,17,18,19). The molecule has 2 unspecified atom stereocenters. The van der Waals surface area contributed by atoms with E-state index in [1.54, 1.807) is 0 Å². The van der Waals surface area contributed by atoms with Crippen molar-refractivity contribution < 1.29 is 4.74 Å². The number of aromatic nitrogens is 3. The zero-order valence-corrected chi connectivity index (χ0v) is 13.4. The monoisotopic (exact) mass is 294 g/mol. The maximum Gasteiger partial charge on any atom is 0.231 e. The van der Waals surface area contributed by atoms with Crippen molar-refractivity contribution in [2.24, 2.45) is 0 Å². The van der Waals surface area contributed by atoms with E-state index in [9.17, 15) is 0 Å². The van der Waals surface area contributed by atoms with Gasteiger partial charge in [-0.15, -0.1) is 0 Å². The number of nitrogens with zero attached hydrogens (tertiary/aromatic N) is 4. The number of hydrogen-bond donors (Lipinski definition) is 2. The molecule has 1 fully saturated rings. The molecule has 2 heterocycles. The van der Waals surface area contributed by atoms with Crippen LogP contribution in [0.3, 0.4) is 0 Å². The van der Waals surface area contributed by atoms with Gasteiger partial charge in [0.05, 0.1) is 6.10 Å². The van der Waals surface area contributed by atoms with Gasteiger partial charge in [0.1, 0.15) is 0 Å². The first-order valence-electron chi connectivity index (χ1n) is 7.64. The summed E-state index contributed by atoms with van der Waals surface area (Å²) in [7, 11) is 3.86. The number of rotatable bonds is 6. The summed E-state index contributed by atoms with van der Waals surface area (Å²) in [6, 6.07) is 0.352. The van der Waals surface area contributed by atoms with E-state index in [1.807, 2.05) is 19.0 Å². The molecule has 21 heavy (non-hydrogen) atoms. The molecule has 1 aromatic heterocycles. The molecule has 0 spiro atoms. The fourth-order valence-corrected chi connectivity index (χ4v) is 2.26. The molecule has 0 aromatic carbocycles. The van der Waals surface area contributed by atoms with Crippen molar-refractivity contribution in [3.63, 3.8) is 0 Å². The highest BCUT2D eigenvalue weighted by Gasteiger charge is 2.20. The average Bonchev–Trinajstić information content (AvgIpc) is 2.45. The van der Waals surface area contributed by atoms with Crippen molar-refractivity contribution in [1.29, 1.82) is 0 Å². The maximum absolute atomic E-state index is 5.57. The Balaban J connectivity index is 2.11. The summed E-state index contributed by atoms with van der Waals surface area (Å²) in [4.78, 5) is 15.2. The lowest BCUT2D eigenvalue weighted by molar-refractivity contribution is 0.0231. The molecule has 118 valence electrons. The van der Waals surface area contributed by atoms with Crippen molar-refractivity contribution in [3.8, 4) is 0 Å². The predicted octanol–water partition coefficient (Wildman–Crippen LogP) is 1.74. The minimum Gasteiger partial charge on any atom is -0.378 e. The smallest absolute Gasteiger partial charge is 0.231 e. The molecule has 0 saturated carbocycles. The molecule has 0 amide bonds. The van der Waals surface area contributed by atoms with Gasteiger partial charge in [-0.1, -0.05) is 6.92 Å². The molecular weight excluding hydrogens is 268 g/mol. The third kappa shape index (κ3) is 4.70. The van der Waals surface area contributed by atoms with Gasteiger partial charge in [0.25, 0.3) is 0 Å². The van der Waals surface area contributed by atoms with Crippen LogP contribution in [0.5, 0.6) is 0 Å². The Kier molecular flexibility index (Phi) is 5.55. The fourth-order valence-electron chi connectivity index (χ4n) is 2.26. The van der Waals surface area contributed by atoms with E-state index in [1.165, 1.54) is 0 Å². The van der Waals surface area contributed by atoms with Crippen LogP contribution in [0.1, 0.15) is 33.1 Å². The van der Waals surface area contributed by atoms with Crippen LogP contribution in [-0.4, -0.2) is 54.3 Å². The topological polar surface area (TPSA) is 75.2 Å². The van der Waals surface area contributed by atoms with Crippen LogP contribution in [0.2, 0.25) is 0 Å². The SMILES string of the molecule is CCCNc1nc(NC2CCOC(C)C2)nc(N(C)C)n1. The molecular formula is C14H26N6O. The fraction of sp³-hybridized carbons (Fsp3) is 0.786. The summed E-state index contributed by atoms with van der Waals surface area (Å²) in [5.74, 6) is 1.91. The quantitative estimate of drug-likeness (QED) is 0.827. The lowest BCUT2D eigenvalue weighted by Crippen LogP contribution is -2.33. The van der Waals surface area contributed by atoms with Gasteiger partial charge < -0.3 is 20.3 Å². The van der Waals surface area contributed by atoms with Crippen LogP contribution in [0.4, 0.5) is 17.8 Å². The largest absolute Gasteiger partial charge is 0.378 e. The van der Waals surface area contributed by atoms with E-state index in [2.05, 4.69) is 39.4 Å². The first kappa shape index (κ1) is 15.8. The summed E-state index contributed by atoms with van der Waals surface area (Å²) in [5, 5.41) is 6.64. The molecule has 1 saturated heterocycles. The molecule has 1 aliphatic rings. The first-order valence-corrected chi connectivity index (χ1v) is 7.64. The first-order chi connectivity index (χ1) is 10.1. The Hall–Kier alpha value is -1.63. The normalized spacial score (nSPS) is 21.9. The molecule has 2 N–H and O–H groups in total. The van der Waals surface area contributed by atoms with E-state index in [0.29, 0.717) is 23.9 Å². The summed E-state index contributed by atoms with van der Waals surface area (Å²) in [6.07, 6.45) is 3.26. The van der Waals surface area contributed by atoms with Crippen molar-refractivity contribution in [3.05, 3.63) is 0 Å². The highest BCUT2D eigenvalue weighted by molar-refractivity contribution is 5.43. The third-order valence-corrected chi connectivity index (χ3v) is 3.38. The van der Waals surface area contributed by atoms with E-state index in [-0.39, 0.29) is 6.10 Å². The van der Waals surface area contributed by atoms with Crippen LogP contribution >= 0.6 is 0 Å². The summed E-state index contributed by atoms with van der Waals surface area (Å²) >= 11 is 0. The zero-order valence-electron chi connectivity index (χ0n) is 13.4. The van der Waals surface area contributed by atoms with E-state index >= 15 is 0 Å². The Morgan fingerprint density at radius 2 is 2.00 bits per heavy atom. The Bertz CT molecular complexity index is 453. The molecule has 2 atom stereocenters. The van der Waals surface area contributed by atoms with Gasteiger partial charge in [0, 0.05) is 33.3 Å². The Morgan fingerprint density at radius 1 is 1.24 bits per heavy atom. The minimum absolute atomic E-state index is 0.282. The van der Waals surface area contributed by atoms with Crippen molar-refractivity contribution in [2.75, 3.05) is 42.8 Å². The highest BCUT2D eigenvalue weighted by atomic mass is 16.5. The summed E-state index contributed by atoms with van der Waals surface area (Å²) in [5.41, 5.74) is 0. The summed E-state index contributed by atoms with van der Waals surface area (Å²) in [6.45, 7) is 5.85. The lowest BCUT2D eigenvalue weighted by atomic mass is 10.0. The molecule has 2 rings (SSSR count). The zero-order chi connectivity index (χ0) is 15.2. The van der Waals surface area contributed by atoms with E-state index in [0.717, 1.165) is 32.4 Å². The van der Waals surface area contributed by atoms with Crippen LogP contribution in [-0.2, 0) is 4.74 Å². The number of anilines is 3. The van der Waals surface area contributed by atoms with Crippen molar-refractivity contribution >= 4 is 17.8 Å². The van der Waals surface area contributed by atoms with Gasteiger partial charge >= 0.3 is 0 Å². The summed E-state index contributed by atoms with van der Waals surface area (Å²) < 4.78 is 5.57. The van der Waals surface area contributed by atoms with Crippen molar-refractivity contribution in [2.45, 2.75) is 45.3 Å². The van der Waals surface area contributed by atoms with Crippen LogP contribution in [0.25, 0.3) is 0 Å². The number of ether oxygens (including phenoxy) is 1. The van der Waals surface area contributed by atoms with Gasteiger partial charge in [-0.3, -0.25) is 0 Å². The van der Waals surface area contributed by atoms with E-state index < -0.39 is 0 Å². The predicted molar refractivity (Wildman–Crippen MR) is 85.0 cm³/mol. The average molecular weight is 294 g/mol. The lowest BCUT2D eigenvalue weighted by Gasteiger charge is -2.28. The molecule has 0 radical (unpaired) electrons. The molecule has 0 bridgehead atoms. The minimum atomic E-state index is 0.282. The van der Waals surface area contributed by atoms with Crippen LogP contribution in [0.15, 0.2) is 0 Å². The van der Waals surface area contributed by atoms with Crippen molar-refractivity contribution in [1.82, 2.24) is 15.0 Å². The van der Waals surface area contributed by atoms with Gasteiger partial charge in [-0.25, -0.2) is 0 Å². The van der Waals surface area contributed by atoms with Crippen LogP contribution < -0.4 is 15.5 Å². The number of hydrogen-bond acceptors (Lipinski definition) is 7. The second kappa shape index (κ2) is 7.40. The molecule has 1 aromatic rings. The maximum atomic E-state index is 5.57. The van der Waals surface area contributed by atoms with E-state index in [4.69, 9.17) is 4.74 Å². The Morgan fingerprint density at radius 3 is 2.67 bits per heavy atom. The van der Waals surface area contributed by atoms with Gasteiger partial charge in [0.15, 0.2) is 0 Å². The molecule has 7 heteroatoms. The van der Waals surface area contributed by atoms with Crippen LogP contribution in [0, 0.1) is 0 Å². The van der Waals surface area contributed by atoms with Gasteiger partial charge in [-0.05, 0) is 26.2 Å². The number of nitrogens with one attached hydrogen (secondary N) is 2. The third-order valence-electron chi connectivity index (χ3n) is 3.38. The molecule has 0 aliphatic carbocycles. The van der Waals surface area contributed by atoms with Gasteiger partial charge in [-0.2, -0.15) is 15.0 Å². The highest BCUT2D eigenvalue weighted by Crippen LogP contribution is 2.18. The molecule has 1 aliphatic heterocycles. The second-order valence-corrected chi connectivity index (χ2v) is 5.65. The van der Waals surface area contributed by atoms with Gasteiger partial charge in [0.2, 0.25) is 17.8 Å². The second-order valence-electron chi connectivity index (χ2n) is 5.65.